The fourth-order valence-electron chi connectivity index (χ4n) is 3.38. The number of morpholine rings is 1. The number of hydrogen-bond donors (Lipinski definition) is 1. The Bertz CT molecular complexity index is 688. The smallest absolute Gasteiger partial charge is 0.253 e. The normalized spacial score (nSPS) is 24.2. The average Bonchev–Trinajstić information content (AvgIpc) is 2.93. The topological polar surface area (TPSA) is 70.1 Å². The van der Waals surface area contributed by atoms with Crippen LogP contribution in [0.2, 0.25) is 0 Å². The third-order valence-corrected chi connectivity index (χ3v) is 4.62. The average molecular weight is 350 g/mol. The van der Waals surface area contributed by atoms with E-state index >= 15 is 0 Å². The van der Waals surface area contributed by atoms with Crippen molar-refractivity contribution in [2.75, 3.05) is 31.1 Å². The molecule has 1 aromatic rings. The monoisotopic (exact) mass is 350 g/mol. The molecule has 1 aromatic carbocycles. The minimum absolute atomic E-state index is 0.0373. The third kappa shape index (κ3) is 3.99. The maximum atomic E-state index is 13.5. The molecule has 0 bridgehead atoms. The zero-order valence-electron chi connectivity index (χ0n) is 14.5. The van der Waals surface area contributed by atoms with Crippen molar-refractivity contribution in [2.45, 2.75) is 37.9 Å². The summed E-state index contributed by atoms with van der Waals surface area (Å²) in [5.41, 5.74) is -1.21. The Morgan fingerprint density at radius 2 is 2.16 bits per heavy atom. The molecule has 136 valence electrons. The van der Waals surface area contributed by atoms with Gasteiger partial charge >= 0.3 is 0 Å². The standard InChI is InChI=1S/C18H23FN2O4/c1-17(2,24)9-15(22)20-7-6-18(11-20)12-21(16(23)10-25-18)14-5-3-4-13(19)8-14/h3-5,8,24H,6-7,9-12H2,1-2H3. The molecule has 2 aliphatic rings. The molecule has 0 saturated carbocycles. The first-order valence-electron chi connectivity index (χ1n) is 8.38. The lowest BCUT2D eigenvalue weighted by molar-refractivity contribution is -0.140. The Morgan fingerprint density at radius 3 is 2.84 bits per heavy atom. The number of hydrogen-bond acceptors (Lipinski definition) is 4. The highest BCUT2D eigenvalue weighted by Gasteiger charge is 2.46. The molecule has 1 atom stereocenters. The van der Waals surface area contributed by atoms with Crippen molar-refractivity contribution >= 4 is 17.5 Å². The van der Waals surface area contributed by atoms with Crippen LogP contribution in [0.4, 0.5) is 10.1 Å². The summed E-state index contributed by atoms with van der Waals surface area (Å²) in [6, 6.07) is 5.90. The van der Waals surface area contributed by atoms with Crippen molar-refractivity contribution in [1.29, 1.82) is 0 Å². The van der Waals surface area contributed by atoms with Crippen molar-refractivity contribution in [3.8, 4) is 0 Å². The second-order valence-electron chi connectivity index (χ2n) is 7.49. The van der Waals surface area contributed by atoms with Gasteiger partial charge in [-0.3, -0.25) is 9.59 Å². The lowest BCUT2D eigenvalue weighted by Gasteiger charge is -2.40. The highest BCUT2D eigenvalue weighted by Crippen LogP contribution is 2.33. The summed E-state index contributed by atoms with van der Waals surface area (Å²) in [7, 11) is 0. The predicted molar refractivity (Wildman–Crippen MR) is 89.5 cm³/mol. The fraction of sp³-hybridized carbons (Fsp3) is 0.556. The molecule has 0 aromatic heterocycles. The number of aliphatic hydroxyl groups is 1. The van der Waals surface area contributed by atoms with Gasteiger partial charge in [0.1, 0.15) is 18.0 Å². The van der Waals surface area contributed by atoms with Crippen LogP contribution in [0, 0.1) is 5.82 Å². The number of amides is 2. The van der Waals surface area contributed by atoms with Crippen LogP contribution in [0.3, 0.4) is 0 Å². The number of carbonyl (C=O) groups excluding carboxylic acids is 2. The first kappa shape index (κ1) is 17.8. The number of rotatable bonds is 3. The Morgan fingerprint density at radius 1 is 1.40 bits per heavy atom. The van der Waals surface area contributed by atoms with E-state index in [9.17, 15) is 19.1 Å². The largest absolute Gasteiger partial charge is 0.390 e. The van der Waals surface area contributed by atoms with E-state index in [1.165, 1.54) is 17.0 Å². The van der Waals surface area contributed by atoms with Gasteiger partial charge in [-0.15, -0.1) is 0 Å². The minimum atomic E-state index is -1.07. The van der Waals surface area contributed by atoms with Crippen molar-refractivity contribution in [3.63, 3.8) is 0 Å². The van der Waals surface area contributed by atoms with Gasteiger partial charge in [-0.25, -0.2) is 4.39 Å². The van der Waals surface area contributed by atoms with Crippen LogP contribution < -0.4 is 4.90 Å². The highest BCUT2D eigenvalue weighted by atomic mass is 19.1. The van der Waals surface area contributed by atoms with E-state index < -0.39 is 17.0 Å². The molecule has 7 heteroatoms. The van der Waals surface area contributed by atoms with Crippen LogP contribution in [-0.2, 0) is 14.3 Å². The fourth-order valence-corrected chi connectivity index (χ4v) is 3.38. The van der Waals surface area contributed by atoms with Crippen LogP contribution in [0.25, 0.3) is 0 Å². The van der Waals surface area contributed by atoms with Gasteiger partial charge in [0.2, 0.25) is 5.91 Å². The first-order valence-corrected chi connectivity index (χ1v) is 8.38. The molecule has 3 rings (SSSR count). The lowest BCUT2D eigenvalue weighted by Crippen LogP contribution is -2.56. The van der Waals surface area contributed by atoms with Crippen molar-refractivity contribution in [2.24, 2.45) is 0 Å². The molecular weight excluding hydrogens is 327 g/mol. The summed E-state index contributed by atoms with van der Waals surface area (Å²) < 4.78 is 19.3. The van der Waals surface area contributed by atoms with E-state index in [2.05, 4.69) is 0 Å². The van der Waals surface area contributed by atoms with Gasteiger partial charge < -0.3 is 19.6 Å². The van der Waals surface area contributed by atoms with E-state index in [0.29, 0.717) is 25.2 Å². The van der Waals surface area contributed by atoms with Gasteiger partial charge in [0, 0.05) is 12.2 Å². The molecule has 0 aliphatic carbocycles. The number of anilines is 1. The summed E-state index contributed by atoms with van der Waals surface area (Å²) >= 11 is 0. The van der Waals surface area contributed by atoms with Gasteiger partial charge in [0.05, 0.1) is 25.1 Å². The van der Waals surface area contributed by atoms with Crippen LogP contribution in [0.15, 0.2) is 24.3 Å². The molecule has 2 heterocycles. The third-order valence-electron chi connectivity index (χ3n) is 4.62. The molecule has 6 nitrogen and oxygen atoms in total. The summed E-state index contributed by atoms with van der Waals surface area (Å²) in [5, 5.41) is 9.83. The molecule has 1 unspecified atom stereocenters. The van der Waals surface area contributed by atoms with E-state index in [1.807, 2.05) is 0 Å². The maximum Gasteiger partial charge on any atom is 0.253 e. The van der Waals surface area contributed by atoms with Gasteiger partial charge in [0.25, 0.3) is 5.91 Å². The van der Waals surface area contributed by atoms with E-state index in [0.717, 1.165) is 0 Å². The molecular formula is C18H23FN2O4. The second-order valence-corrected chi connectivity index (χ2v) is 7.49. The Kier molecular flexibility index (Phi) is 4.55. The number of halogens is 1. The van der Waals surface area contributed by atoms with Crippen LogP contribution in [0.5, 0.6) is 0 Å². The molecule has 1 spiro atoms. The van der Waals surface area contributed by atoms with Gasteiger partial charge in [-0.2, -0.15) is 0 Å². The van der Waals surface area contributed by atoms with Crippen molar-refractivity contribution < 1.29 is 23.8 Å². The maximum absolute atomic E-state index is 13.5. The predicted octanol–water partition coefficient (Wildman–Crippen LogP) is 1.32. The molecule has 2 saturated heterocycles. The Hall–Kier alpha value is -1.99. The summed E-state index contributed by atoms with van der Waals surface area (Å²) in [6.45, 7) is 4.25. The molecule has 2 fully saturated rings. The minimum Gasteiger partial charge on any atom is -0.390 e. The van der Waals surface area contributed by atoms with Gasteiger partial charge in [0.15, 0.2) is 0 Å². The van der Waals surface area contributed by atoms with Crippen molar-refractivity contribution in [1.82, 2.24) is 4.90 Å². The molecule has 2 aliphatic heterocycles. The Labute approximate surface area is 146 Å². The Balaban J connectivity index is 1.73. The van der Waals surface area contributed by atoms with Gasteiger partial charge in [-0.05, 0) is 38.5 Å². The van der Waals surface area contributed by atoms with Crippen LogP contribution in [-0.4, -0.2) is 59.3 Å². The molecule has 2 amide bonds. The number of nitrogens with zero attached hydrogens (tertiary/aromatic N) is 2. The van der Waals surface area contributed by atoms with Crippen LogP contribution >= 0.6 is 0 Å². The zero-order valence-corrected chi connectivity index (χ0v) is 14.5. The molecule has 0 radical (unpaired) electrons. The lowest BCUT2D eigenvalue weighted by atomic mass is 9.99. The zero-order chi connectivity index (χ0) is 18.2. The molecule has 1 N–H and O–H groups in total. The second kappa shape index (κ2) is 6.38. The van der Waals surface area contributed by atoms with E-state index in [-0.39, 0.29) is 31.4 Å². The van der Waals surface area contributed by atoms with Crippen LogP contribution in [0.1, 0.15) is 26.7 Å². The summed E-state index contributed by atoms with van der Waals surface area (Å²) in [4.78, 5) is 27.7. The quantitative estimate of drug-likeness (QED) is 0.893. The van der Waals surface area contributed by atoms with Crippen molar-refractivity contribution in [3.05, 3.63) is 30.1 Å². The van der Waals surface area contributed by atoms with E-state index in [1.54, 1.807) is 30.9 Å². The SMILES string of the molecule is CC(C)(O)CC(=O)N1CCC2(C1)CN(c1cccc(F)c1)C(=O)CO2. The summed E-state index contributed by atoms with van der Waals surface area (Å²) in [5.74, 6) is -0.765. The van der Waals surface area contributed by atoms with E-state index in [4.69, 9.17) is 4.74 Å². The number of benzene rings is 1. The van der Waals surface area contributed by atoms with Gasteiger partial charge in [-0.1, -0.05) is 6.07 Å². The summed E-state index contributed by atoms with van der Waals surface area (Å²) in [6.07, 6.45) is 0.638. The molecule has 25 heavy (non-hydrogen) atoms. The first-order chi connectivity index (χ1) is 11.7. The number of likely N-dealkylation sites (tertiary alicyclic amines) is 1. The highest BCUT2D eigenvalue weighted by molar-refractivity contribution is 5.95. The number of carbonyl (C=O) groups is 2. The number of ether oxygens (including phenoxy) is 1.